The van der Waals surface area contributed by atoms with E-state index in [1.807, 2.05) is 42.5 Å². The normalized spacial score (nSPS) is 11.3. The summed E-state index contributed by atoms with van der Waals surface area (Å²) in [5.41, 5.74) is 3.17. The molecule has 0 atom stereocenters. The quantitative estimate of drug-likeness (QED) is 0.385. The van der Waals surface area contributed by atoms with Crippen molar-refractivity contribution in [3.05, 3.63) is 89.9 Å². The summed E-state index contributed by atoms with van der Waals surface area (Å²) in [6, 6.07) is 18.5. The lowest BCUT2D eigenvalue weighted by Gasteiger charge is -2.06. The minimum absolute atomic E-state index is 0.0510. The van der Waals surface area contributed by atoms with Crippen molar-refractivity contribution in [1.82, 2.24) is 15.1 Å². The van der Waals surface area contributed by atoms with Gasteiger partial charge in [0, 0.05) is 30.9 Å². The molecule has 9 heteroatoms. The van der Waals surface area contributed by atoms with Crippen LogP contribution in [0, 0.1) is 0 Å². The predicted molar refractivity (Wildman–Crippen MR) is 113 cm³/mol. The number of nitrogens with zero attached hydrogens (tertiary/aromatic N) is 3. The third-order valence-electron chi connectivity index (χ3n) is 4.26. The zero-order valence-electron chi connectivity index (χ0n) is 16.6. The van der Waals surface area contributed by atoms with Crippen molar-refractivity contribution < 1.29 is 21.9 Å². The van der Waals surface area contributed by atoms with Gasteiger partial charge >= 0.3 is 10.1 Å². The average molecular weight is 437 g/mol. The lowest BCUT2D eigenvalue weighted by Crippen LogP contribution is -2.07. The Labute approximate surface area is 179 Å². The van der Waals surface area contributed by atoms with Gasteiger partial charge in [0.2, 0.25) is 11.8 Å². The van der Waals surface area contributed by atoms with E-state index in [0.717, 1.165) is 17.4 Å². The van der Waals surface area contributed by atoms with E-state index in [0.29, 0.717) is 35.9 Å². The Hall–Kier alpha value is -3.72. The molecule has 3 heterocycles. The summed E-state index contributed by atoms with van der Waals surface area (Å²) in [5.74, 6) is 0.906. The lowest BCUT2D eigenvalue weighted by atomic mass is 10.1. The fourth-order valence-corrected chi connectivity index (χ4v) is 3.28. The first kappa shape index (κ1) is 20.5. The van der Waals surface area contributed by atoms with E-state index in [2.05, 4.69) is 15.1 Å². The summed E-state index contributed by atoms with van der Waals surface area (Å²) in [6.07, 6.45) is 4.64. The van der Waals surface area contributed by atoms with Crippen LogP contribution in [-0.4, -0.2) is 29.8 Å². The first-order valence-electron chi connectivity index (χ1n) is 9.38. The van der Waals surface area contributed by atoms with Crippen molar-refractivity contribution in [2.24, 2.45) is 0 Å². The Kier molecular flexibility index (Phi) is 5.94. The molecule has 1 aromatic carbocycles. The summed E-state index contributed by atoms with van der Waals surface area (Å²) in [6.45, 7) is 0.426. The van der Waals surface area contributed by atoms with Gasteiger partial charge in [-0.05, 0) is 29.3 Å². The van der Waals surface area contributed by atoms with Crippen LogP contribution in [0.5, 0.6) is 11.8 Å². The molecular formula is C22H19N3O5S. The van der Waals surface area contributed by atoms with Crippen LogP contribution in [0.25, 0.3) is 11.3 Å². The maximum Gasteiger partial charge on any atom is 0.307 e. The van der Waals surface area contributed by atoms with Gasteiger partial charge in [0.15, 0.2) is 5.76 Å². The molecule has 8 nitrogen and oxygen atoms in total. The fraction of sp³-hybridized carbons (Fsp3) is 0.136. The Morgan fingerprint density at radius 3 is 2.45 bits per heavy atom. The summed E-state index contributed by atoms with van der Waals surface area (Å²) < 4.78 is 38.9. The van der Waals surface area contributed by atoms with E-state index in [1.54, 1.807) is 24.4 Å². The summed E-state index contributed by atoms with van der Waals surface area (Å²) >= 11 is 0. The van der Waals surface area contributed by atoms with Crippen LogP contribution in [0.1, 0.15) is 16.8 Å². The van der Waals surface area contributed by atoms with Gasteiger partial charge in [0.05, 0.1) is 17.5 Å². The summed E-state index contributed by atoms with van der Waals surface area (Å²) in [4.78, 5) is 8.11. The maximum atomic E-state index is 11.5. The van der Waals surface area contributed by atoms with Crippen LogP contribution in [0.3, 0.4) is 0 Å². The molecule has 0 aliphatic carbocycles. The highest BCUT2D eigenvalue weighted by molar-refractivity contribution is 7.86. The number of rotatable bonds is 8. The second-order valence-corrected chi connectivity index (χ2v) is 8.35. The number of pyridine rings is 2. The molecule has 0 bridgehead atoms. The first-order valence-corrected chi connectivity index (χ1v) is 11.2. The molecule has 0 amide bonds. The van der Waals surface area contributed by atoms with Crippen molar-refractivity contribution >= 4 is 10.1 Å². The third-order valence-corrected chi connectivity index (χ3v) is 4.72. The minimum Gasteiger partial charge on any atom is -0.473 e. The van der Waals surface area contributed by atoms with Crippen molar-refractivity contribution in [3.63, 3.8) is 0 Å². The largest absolute Gasteiger partial charge is 0.473 e. The van der Waals surface area contributed by atoms with Crippen molar-refractivity contribution in [2.45, 2.75) is 13.0 Å². The average Bonchev–Trinajstić information content (AvgIpc) is 3.21. The second-order valence-electron chi connectivity index (χ2n) is 6.78. The molecule has 0 fully saturated rings. The monoisotopic (exact) mass is 437 g/mol. The van der Waals surface area contributed by atoms with Crippen LogP contribution >= 0.6 is 0 Å². The molecular weight excluding hydrogens is 418 g/mol. The smallest absolute Gasteiger partial charge is 0.307 e. The van der Waals surface area contributed by atoms with Gasteiger partial charge in [0.25, 0.3) is 0 Å². The maximum absolute atomic E-state index is 11.5. The zero-order valence-corrected chi connectivity index (χ0v) is 17.5. The molecule has 3 aromatic heterocycles. The van der Waals surface area contributed by atoms with E-state index in [-0.39, 0.29) is 5.88 Å². The third kappa shape index (κ3) is 5.67. The fourth-order valence-electron chi connectivity index (χ4n) is 2.86. The predicted octanol–water partition coefficient (Wildman–Crippen LogP) is 3.64. The van der Waals surface area contributed by atoms with Crippen molar-refractivity contribution in [2.75, 3.05) is 6.26 Å². The number of benzene rings is 1. The lowest BCUT2D eigenvalue weighted by molar-refractivity contribution is 0.294. The molecule has 4 rings (SSSR count). The molecule has 4 aromatic rings. The number of ether oxygens (including phenoxy) is 1. The highest BCUT2D eigenvalue weighted by Crippen LogP contribution is 2.29. The van der Waals surface area contributed by atoms with Crippen LogP contribution in [0.15, 0.2) is 77.6 Å². The minimum atomic E-state index is -3.71. The Morgan fingerprint density at radius 2 is 1.71 bits per heavy atom. The molecule has 0 spiro atoms. The highest BCUT2D eigenvalue weighted by Gasteiger charge is 2.16. The molecule has 0 unspecified atom stereocenters. The van der Waals surface area contributed by atoms with Crippen LogP contribution < -0.4 is 8.92 Å². The van der Waals surface area contributed by atoms with Crippen LogP contribution in [-0.2, 0) is 23.1 Å². The Morgan fingerprint density at radius 1 is 0.935 bits per heavy atom. The molecule has 0 saturated carbocycles. The molecule has 0 radical (unpaired) electrons. The number of aromatic nitrogens is 3. The van der Waals surface area contributed by atoms with Gasteiger partial charge in [0.1, 0.15) is 6.61 Å². The van der Waals surface area contributed by atoms with E-state index < -0.39 is 10.1 Å². The standard InChI is InChI=1S/C22H19N3O5S/c1-31(26,27)30-22-19(5-4-12-24-22)20-14-18(25-29-20)13-16-7-9-17(10-8-16)15-28-21-6-2-3-11-23-21/h2-12,14H,13,15H2,1H3. The van der Waals surface area contributed by atoms with Gasteiger partial charge < -0.3 is 13.4 Å². The molecule has 158 valence electrons. The topological polar surface area (TPSA) is 104 Å². The van der Waals surface area contributed by atoms with Gasteiger partial charge in [-0.15, -0.1) is 0 Å². The molecule has 0 N–H and O–H groups in total. The van der Waals surface area contributed by atoms with E-state index in [4.69, 9.17) is 13.4 Å². The summed E-state index contributed by atoms with van der Waals surface area (Å²) in [5, 5.41) is 4.08. The van der Waals surface area contributed by atoms with Crippen LogP contribution in [0.2, 0.25) is 0 Å². The first-order chi connectivity index (χ1) is 15.0. The van der Waals surface area contributed by atoms with Crippen molar-refractivity contribution in [1.29, 1.82) is 0 Å². The van der Waals surface area contributed by atoms with E-state index >= 15 is 0 Å². The Bertz CT molecular complexity index is 1260. The molecule has 0 saturated heterocycles. The molecule has 0 aliphatic rings. The van der Waals surface area contributed by atoms with Crippen LogP contribution in [0.4, 0.5) is 0 Å². The van der Waals surface area contributed by atoms with E-state index in [1.165, 1.54) is 6.20 Å². The van der Waals surface area contributed by atoms with Gasteiger partial charge in [-0.1, -0.05) is 35.5 Å². The summed E-state index contributed by atoms with van der Waals surface area (Å²) in [7, 11) is -3.71. The molecule has 31 heavy (non-hydrogen) atoms. The zero-order chi connectivity index (χ0) is 21.7. The van der Waals surface area contributed by atoms with E-state index in [9.17, 15) is 8.42 Å². The molecule has 0 aliphatic heterocycles. The van der Waals surface area contributed by atoms with Crippen molar-refractivity contribution in [3.8, 4) is 23.1 Å². The Balaban J connectivity index is 1.43. The highest BCUT2D eigenvalue weighted by atomic mass is 32.2. The second kappa shape index (κ2) is 8.97. The SMILES string of the molecule is CS(=O)(=O)Oc1ncccc1-c1cc(Cc2ccc(COc3ccccn3)cc2)no1. The number of hydrogen-bond acceptors (Lipinski definition) is 8. The van der Waals surface area contributed by atoms with Gasteiger partial charge in [-0.25, -0.2) is 9.97 Å². The number of hydrogen-bond donors (Lipinski definition) is 0. The van der Waals surface area contributed by atoms with Gasteiger partial charge in [-0.2, -0.15) is 8.42 Å². The van der Waals surface area contributed by atoms with Gasteiger partial charge in [-0.3, -0.25) is 0 Å².